The minimum Gasteiger partial charge on any atom is -0.481 e. The number of carbonyl (C=O) groups is 3. The van der Waals surface area contributed by atoms with Gasteiger partial charge in [-0.3, -0.25) is 4.79 Å². The van der Waals surface area contributed by atoms with Gasteiger partial charge in [0, 0.05) is 6.42 Å². The molecule has 3 N–H and O–H groups in total. The fraction of sp³-hybridized carbons (Fsp3) is 0.700. The zero-order chi connectivity index (χ0) is 13.6. The Morgan fingerprint density at radius 2 is 1.76 bits per heavy atom. The third-order valence-corrected chi connectivity index (χ3v) is 1.64. The van der Waals surface area contributed by atoms with Gasteiger partial charge in [-0.1, -0.05) is 0 Å². The molecule has 0 fully saturated rings. The maximum Gasteiger partial charge on any atom is 0.408 e. The van der Waals surface area contributed by atoms with Gasteiger partial charge in [0.25, 0.3) is 0 Å². The molecule has 0 unspecified atom stereocenters. The quantitative estimate of drug-likeness (QED) is 0.663. The van der Waals surface area contributed by atoms with Crippen LogP contribution in [0.25, 0.3) is 0 Å². The molecule has 1 amide bonds. The number of carboxylic acid groups (broad SMARTS) is 2. The number of carboxylic acids is 2. The summed E-state index contributed by atoms with van der Waals surface area (Å²) in [6, 6.07) is -1.26. The van der Waals surface area contributed by atoms with E-state index in [-0.39, 0.29) is 12.8 Å². The van der Waals surface area contributed by atoms with Gasteiger partial charge in [-0.25, -0.2) is 9.59 Å². The molecule has 0 saturated heterocycles. The molecule has 17 heavy (non-hydrogen) atoms. The van der Waals surface area contributed by atoms with Crippen LogP contribution < -0.4 is 5.32 Å². The molecule has 0 bridgehead atoms. The summed E-state index contributed by atoms with van der Waals surface area (Å²) in [5, 5.41) is 19.3. The fourth-order valence-electron chi connectivity index (χ4n) is 0.975. The molecule has 0 aromatic heterocycles. The van der Waals surface area contributed by atoms with E-state index in [9.17, 15) is 14.4 Å². The van der Waals surface area contributed by atoms with Crippen LogP contribution in [-0.2, 0) is 14.3 Å². The van der Waals surface area contributed by atoms with Crippen LogP contribution >= 0.6 is 0 Å². The van der Waals surface area contributed by atoms with Gasteiger partial charge >= 0.3 is 18.0 Å². The molecule has 0 aromatic rings. The van der Waals surface area contributed by atoms with Crippen LogP contribution in [0.4, 0.5) is 4.79 Å². The van der Waals surface area contributed by atoms with E-state index in [2.05, 4.69) is 5.32 Å². The molecule has 0 heterocycles. The summed E-state index contributed by atoms with van der Waals surface area (Å²) in [6.07, 6.45) is -1.41. The summed E-state index contributed by atoms with van der Waals surface area (Å²) in [5.41, 5.74) is -0.736. The first-order valence-electron chi connectivity index (χ1n) is 5.06. The first-order chi connectivity index (χ1) is 7.61. The van der Waals surface area contributed by atoms with Gasteiger partial charge in [-0.15, -0.1) is 0 Å². The number of hydrogen-bond donors (Lipinski definition) is 3. The molecule has 7 nitrogen and oxygen atoms in total. The average molecular weight is 247 g/mol. The molecule has 0 aliphatic rings. The SMILES string of the molecule is CC(C)(C)OC(=O)N[C@H](CCC(=O)O)C(=O)O. The highest BCUT2D eigenvalue weighted by Gasteiger charge is 2.24. The van der Waals surface area contributed by atoms with Gasteiger partial charge in [0.2, 0.25) is 0 Å². The number of rotatable bonds is 5. The molecule has 7 heteroatoms. The molecule has 0 aliphatic heterocycles. The summed E-state index contributed by atoms with van der Waals surface area (Å²) in [5.74, 6) is -2.42. The van der Waals surface area contributed by atoms with Crippen molar-refractivity contribution < 1.29 is 29.3 Å². The van der Waals surface area contributed by atoms with E-state index in [0.29, 0.717) is 0 Å². The van der Waals surface area contributed by atoms with Crippen LogP contribution in [0.1, 0.15) is 33.6 Å². The van der Waals surface area contributed by atoms with Crippen molar-refractivity contribution >= 4 is 18.0 Å². The van der Waals surface area contributed by atoms with Crippen LogP contribution in [0.2, 0.25) is 0 Å². The second-order valence-electron chi connectivity index (χ2n) is 4.47. The van der Waals surface area contributed by atoms with E-state index >= 15 is 0 Å². The standard InChI is InChI=1S/C10H17NO6/c1-10(2,3)17-9(16)11-6(8(14)15)4-5-7(12)13/h6H,4-5H2,1-3H3,(H,11,16)(H,12,13)(H,14,15)/t6-/m1/s1. The molecule has 0 aliphatic carbocycles. The minimum absolute atomic E-state index is 0.191. The van der Waals surface area contributed by atoms with Gasteiger partial charge in [-0.2, -0.15) is 0 Å². The van der Waals surface area contributed by atoms with Crippen LogP contribution in [-0.4, -0.2) is 39.9 Å². The van der Waals surface area contributed by atoms with Crippen molar-refractivity contribution in [1.82, 2.24) is 5.32 Å². The summed E-state index contributed by atoms with van der Waals surface area (Å²) in [6.45, 7) is 4.92. The van der Waals surface area contributed by atoms with E-state index in [4.69, 9.17) is 14.9 Å². The van der Waals surface area contributed by atoms with E-state index < -0.39 is 29.7 Å². The van der Waals surface area contributed by atoms with Crippen molar-refractivity contribution in [3.05, 3.63) is 0 Å². The largest absolute Gasteiger partial charge is 0.481 e. The maximum absolute atomic E-state index is 11.3. The second kappa shape index (κ2) is 6.07. The van der Waals surface area contributed by atoms with Crippen LogP contribution in [0.15, 0.2) is 0 Å². The first kappa shape index (κ1) is 15.2. The maximum atomic E-state index is 11.3. The first-order valence-corrected chi connectivity index (χ1v) is 5.06. The lowest BCUT2D eigenvalue weighted by molar-refractivity contribution is -0.140. The lowest BCUT2D eigenvalue weighted by Gasteiger charge is -2.21. The van der Waals surface area contributed by atoms with Crippen molar-refractivity contribution in [2.75, 3.05) is 0 Å². The number of amides is 1. The van der Waals surface area contributed by atoms with Gasteiger partial charge in [0.15, 0.2) is 0 Å². The Kier molecular flexibility index (Phi) is 5.43. The minimum atomic E-state index is -1.29. The number of carbonyl (C=O) groups excluding carboxylic acids is 1. The summed E-state index contributed by atoms with van der Waals surface area (Å²) in [4.78, 5) is 32.3. The number of ether oxygens (including phenoxy) is 1. The van der Waals surface area contributed by atoms with Crippen molar-refractivity contribution in [2.45, 2.75) is 45.3 Å². The number of hydrogen-bond acceptors (Lipinski definition) is 4. The molecular weight excluding hydrogens is 230 g/mol. The topological polar surface area (TPSA) is 113 Å². The van der Waals surface area contributed by atoms with Crippen LogP contribution in [0.3, 0.4) is 0 Å². The van der Waals surface area contributed by atoms with E-state index in [1.807, 2.05) is 0 Å². The molecule has 1 atom stereocenters. The van der Waals surface area contributed by atoms with E-state index in [0.717, 1.165) is 0 Å². The van der Waals surface area contributed by atoms with Crippen molar-refractivity contribution in [2.24, 2.45) is 0 Å². The average Bonchev–Trinajstić information content (AvgIpc) is 2.08. The Morgan fingerprint density at radius 1 is 1.24 bits per heavy atom. The lowest BCUT2D eigenvalue weighted by atomic mass is 10.1. The highest BCUT2D eigenvalue weighted by molar-refractivity contribution is 5.80. The third-order valence-electron chi connectivity index (χ3n) is 1.64. The van der Waals surface area contributed by atoms with Crippen molar-refractivity contribution in [3.8, 4) is 0 Å². The summed E-state index contributed by atoms with van der Waals surface area (Å²) in [7, 11) is 0. The third kappa shape index (κ3) is 8.06. The summed E-state index contributed by atoms with van der Waals surface area (Å²) < 4.78 is 4.86. The van der Waals surface area contributed by atoms with Gasteiger partial charge in [0.1, 0.15) is 11.6 Å². The normalized spacial score (nSPS) is 12.6. The Balaban J connectivity index is 4.30. The molecule has 0 spiro atoms. The molecule has 0 aromatic carbocycles. The predicted molar refractivity (Wildman–Crippen MR) is 57.7 cm³/mol. The van der Waals surface area contributed by atoms with Crippen LogP contribution in [0.5, 0.6) is 0 Å². The van der Waals surface area contributed by atoms with E-state index in [1.54, 1.807) is 20.8 Å². The number of aliphatic carboxylic acids is 2. The smallest absolute Gasteiger partial charge is 0.408 e. The summed E-state index contributed by atoms with van der Waals surface area (Å²) >= 11 is 0. The highest BCUT2D eigenvalue weighted by atomic mass is 16.6. The zero-order valence-corrected chi connectivity index (χ0v) is 10.0. The molecule has 0 radical (unpaired) electrons. The van der Waals surface area contributed by atoms with Gasteiger partial charge < -0.3 is 20.3 Å². The molecule has 0 saturated carbocycles. The monoisotopic (exact) mass is 247 g/mol. The Morgan fingerprint density at radius 3 is 2.12 bits per heavy atom. The molecule has 0 rings (SSSR count). The number of alkyl carbamates (subject to hydrolysis) is 1. The highest BCUT2D eigenvalue weighted by Crippen LogP contribution is 2.07. The Bertz CT molecular complexity index is 306. The fourth-order valence-corrected chi connectivity index (χ4v) is 0.975. The van der Waals surface area contributed by atoms with Gasteiger partial charge in [0.05, 0.1) is 0 Å². The molecule has 98 valence electrons. The van der Waals surface area contributed by atoms with Crippen LogP contribution in [0, 0.1) is 0 Å². The molecular formula is C10H17NO6. The second-order valence-corrected chi connectivity index (χ2v) is 4.47. The Labute approximate surface area is 98.8 Å². The predicted octanol–water partition coefficient (Wildman–Crippen LogP) is 0.829. The lowest BCUT2D eigenvalue weighted by Crippen LogP contribution is -2.43. The van der Waals surface area contributed by atoms with Crippen molar-refractivity contribution in [3.63, 3.8) is 0 Å². The Hall–Kier alpha value is -1.79. The zero-order valence-electron chi connectivity index (χ0n) is 10.0. The van der Waals surface area contributed by atoms with Gasteiger partial charge in [-0.05, 0) is 27.2 Å². The number of nitrogens with one attached hydrogen (secondary N) is 1. The van der Waals surface area contributed by atoms with E-state index in [1.165, 1.54) is 0 Å². The van der Waals surface area contributed by atoms with Crippen molar-refractivity contribution in [1.29, 1.82) is 0 Å².